The quantitative estimate of drug-likeness (QED) is 0.561. The number of carbonyl (C=O) groups excluding carboxylic acids is 2. The van der Waals surface area contributed by atoms with Gasteiger partial charge < -0.3 is 9.47 Å². The highest BCUT2D eigenvalue weighted by atomic mass is 16.7. The van der Waals surface area contributed by atoms with Crippen molar-refractivity contribution >= 4 is 11.9 Å². The van der Waals surface area contributed by atoms with Gasteiger partial charge in [0.05, 0.1) is 6.42 Å². The van der Waals surface area contributed by atoms with E-state index < -0.39 is 5.97 Å². The molecule has 0 amide bonds. The molecule has 4 nitrogen and oxygen atoms in total. The van der Waals surface area contributed by atoms with Crippen molar-refractivity contribution in [1.82, 2.24) is 0 Å². The molecule has 0 radical (unpaired) electrons. The Morgan fingerprint density at radius 2 is 1.74 bits per heavy atom. The third-order valence-electron chi connectivity index (χ3n) is 2.64. The van der Waals surface area contributed by atoms with Crippen LogP contribution < -0.4 is 0 Å². The van der Waals surface area contributed by atoms with Gasteiger partial charge in [0.2, 0.25) is 6.79 Å². The number of rotatable bonds is 7. The summed E-state index contributed by atoms with van der Waals surface area (Å²) in [6, 6.07) is 7.79. The van der Waals surface area contributed by atoms with Crippen LogP contribution in [0.5, 0.6) is 0 Å². The van der Waals surface area contributed by atoms with Crippen molar-refractivity contribution in [2.45, 2.75) is 39.5 Å². The van der Waals surface area contributed by atoms with Gasteiger partial charge in [-0.2, -0.15) is 0 Å². The lowest BCUT2D eigenvalue weighted by molar-refractivity contribution is -0.166. The predicted molar refractivity (Wildman–Crippen MR) is 71.5 cm³/mol. The van der Waals surface area contributed by atoms with Gasteiger partial charge in [0.1, 0.15) is 0 Å². The Labute approximate surface area is 113 Å². The summed E-state index contributed by atoms with van der Waals surface area (Å²) in [6.07, 6.45) is 2.18. The van der Waals surface area contributed by atoms with E-state index in [4.69, 9.17) is 9.47 Å². The lowest BCUT2D eigenvalue weighted by Crippen LogP contribution is -2.14. The summed E-state index contributed by atoms with van der Waals surface area (Å²) in [7, 11) is 0. The van der Waals surface area contributed by atoms with Crippen LogP contribution in [0, 0.1) is 0 Å². The zero-order valence-corrected chi connectivity index (χ0v) is 11.5. The van der Waals surface area contributed by atoms with Crippen molar-refractivity contribution in [1.29, 1.82) is 0 Å². The number of benzene rings is 1. The molecule has 4 heteroatoms. The summed E-state index contributed by atoms with van der Waals surface area (Å²) in [6.45, 7) is 3.64. The number of ether oxygens (including phenoxy) is 2. The average Bonchev–Trinajstić information content (AvgIpc) is 2.39. The molecule has 0 atom stereocenters. The molecule has 0 aliphatic heterocycles. The second-order valence-corrected chi connectivity index (χ2v) is 4.25. The molecule has 0 spiro atoms. The zero-order chi connectivity index (χ0) is 14.1. The van der Waals surface area contributed by atoms with E-state index >= 15 is 0 Å². The first-order valence-corrected chi connectivity index (χ1v) is 6.54. The van der Waals surface area contributed by atoms with E-state index in [0.29, 0.717) is 6.42 Å². The second kappa shape index (κ2) is 8.29. The molecule has 0 unspecified atom stereocenters. The molecule has 0 saturated carbocycles. The molecule has 0 fully saturated rings. The maximum atomic E-state index is 11.5. The van der Waals surface area contributed by atoms with E-state index in [-0.39, 0.29) is 19.2 Å². The Bertz CT molecular complexity index is 426. The van der Waals surface area contributed by atoms with Crippen LogP contribution in [0.15, 0.2) is 24.3 Å². The molecule has 0 bridgehead atoms. The number of hydrogen-bond donors (Lipinski definition) is 0. The lowest BCUT2D eigenvalue weighted by Gasteiger charge is -2.06. The van der Waals surface area contributed by atoms with Gasteiger partial charge in [0, 0.05) is 6.42 Å². The number of hydrogen-bond acceptors (Lipinski definition) is 4. The molecule has 19 heavy (non-hydrogen) atoms. The largest absolute Gasteiger partial charge is 0.428 e. The molecule has 1 aromatic carbocycles. The van der Waals surface area contributed by atoms with Crippen LogP contribution in [0.3, 0.4) is 0 Å². The van der Waals surface area contributed by atoms with Crippen LogP contribution in [-0.2, 0) is 31.9 Å². The third-order valence-corrected chi connectivity index (χ3v) is 2.64. The second-order valence-electron chi connectivity index (χ2n) is 4.25. The maximum absolute atomic E-state index is 11.5. The molecule has 104 valence electrons. The Morgan fingerprint density at radius 1 is 1.05 bits per heavy atom. The fourth-order valence-corrected chi connectivity index (χ4v) is 1.61. The van der Waals surface area contributed by atoms with Crippen molar-refractivity contribution in [2.24, 2.45) is 0 Å². The molecule has 0 heterocycles. The summed E-state index contributed by atoms with van der Waals surface area (Å²) in [5.41, 5.74) is 2.09. The summed E-state index contributed by atoms with van der Waals surface area (Å²) in [5.74, 6) is -0.735. The van der Waals surface area contributed by atoms with Gasteiger partial charge in [0.25, 0.3) is 0 Å². The maximum Gasteiger partial charge on any atom is 0.313 e. The molecule has 0 aliphatic rings. The van der Waals surface area contributed by atoms with Crippen LogP contribution in [0.2, 0.25) is 0 Å². The van der Waals surface area contributed by atoms with Crippen molar-refractivity contribution in [2.75, 3.05) is 6.79 Å². The number of carbonyl (C=O) groups is 2. The Morgan fingerprint density at radius 3 is 2.42 bits per heavy atom. The summed E-state index contributed by atoms with van der Waals surface area (Å²) in [4.78, 5) is 22.6. The first-order valence-electron chi connectivity index (χ1n) is 6.54. The van der Waals surface area contributed by atoms with E-state index in [2.05, 4.69) is 6.92 Å². The van der Waals surface area contributed by atoms with Gasteiger partial charge in [-0.25, -0.2) is 0 Å². The molecule has 0 aliphatic carbocycles. The summed E-state index contributed by atoms with van der Waals surface area (Å²) in [5, 5.41) is 0. The van der Waals surface area contributed by atoms with Crippen LogP contribution in [0.25, 0.3) is 0 Å². The molecule has 1 rings (SSSR count). The zero-order valence-electron chi connectivity index (χ0n) is 11.5. The van der Waals surface area contributed by atoms with Crippen molar-refractivity contribution in [3.63, 3.8) is 0 Å². The van der Waals surface area contributed by atoms with E-state index in [1.807, 2.05) is 31.2 Å². The SMILES string of the molecule is CCCC(=O)OCOC(=O)Cc1cccc(CC)c1. The van der Waals surface area contributed by atoms with Crippen LogP contribution in [-0.4, -0.2) is 18.7 Å². The molecule has 0 aromatic heterocycles. The molecule has 1 aromatic rings. The highest BCUT2D eigenvalue weighted by Crippen LogP contribution is 2.07. The highest BCUT2D eigenvalue weighted by molar-refractivity contribution is 5.73. The van der Waals surface area contributed by atoms with Gasteiger partial charge in [-0.05, 0) is 24.0 Å². The minimum absolute atomic E-state index is 0.194. The highest BCUT2D eigenvalue weighted by Gasteiger charge is 2.07. The van der Waals surface area contributed by atoms with Gasteiger partial charge >= 0.3 is 11.9 Å². The van der Waals surface area contributed by atoms with Gasteiger partial charge in [-0.15, -0.1) is 0 Å². The van der Waals surface area contributed by atoms with Crippen molar-refractivity contribution in [3.8, 4) is 0 Å². The molecule has 0 N–H and O–H groups in total. The Kier molecular flexibility index (Phi) is 6.64. The smallest absolute Gasteiger partial charge is 0.313 e. The predicted octanol–water partition coefficient (Wildman–Crippen LogP) is 2.64. The van der Waals surface area contributed by atoms with Crippen LogP contribution >= 0.6 is 0 Å². The minimum Gasteiger partial charge on any atom is -0.428 e. The van der Waals surface area contributed by atoms with Crippen LogP contribution in [0.4, 0.5) is 0 Å². The minimum atomic E-state index is -0.391. The van der Waals surface area contributed by atoms with Gasteiger partial charge in [-0.1, -0.05) is 38.1 Å². The summed E-state index contributed by atoms with van der Waals surface area (Å²) >= 11 is 0. The fourth-order valence-electron chi connectivity index (χ4n) is 1.61. The lowest BCUT2D eigenvalue weighted by atomic mass is 10.1. The topological polar surface area (TPSA) is 52.6 Å². The average molecular weight is 264 g/mol. The Hall–Kier alpha value is -1.84. The van der Waals surface area contributed by atoms with Crippen molar-refractivity contribution < 1.29 is 19.1 Å². The van der Waals surface area contributed by atoms with Gasteiger partial charge in [-0.3, -0.25) is 9.59 Å². The summed E-state index contributed by atoms with van der Waals surface area (Å²) < 4.78 is 9.61. The molecule has 0 saturated heterocycles. The van der Waals surface area contributed by atoms with Crippen LogP contribution in [0.1, 0.15) is 37.8 Å². The third kappa shape index (κ3) is 6.04. The normalized spacial score (nSPS) is 10.0. The van der Waals surface area contributed by atoms with Gasteiger partial charge in [0.15, 0.2) is 0 Å². The van der Waals surface area contributed by atoms with E-state index in [1.165, 1.54) is 5.56 Å². The Balaban J connectivity index is 2.32. The first-order chi connectivity index (χ1) is 9.15. The fraction of sp³-hybridized carbons (Fsp3) is 0.467. The number of esters is 2. The molecular formula is C15H20O4. The molecular weight excluding hydrogens is 244 g/mol. The van der Waals surface area contributed by atoms with E-state index in [0.717, 1.165) is 18.4 Å². The monoisotopic (exact) mass is 264 g/mol. The van der Waals surface area contributed by atoms with E-state index in [1.54, 1.807) is 0 Å². The van der Waals surface area contributed by atoms with Crippen molar-refractivity contribution in [3.05, 3.63) is 35.4 Å². The standard InChI is InChI=1S/C15H20O4/c1-3-6-14(16)18-11-19-15(17)10-13-8-5-7-12(4-2)9-13/h5,7-9H,3-4,6,10-11H2,1-2H3. The van der Waals surface area contributed by atoms with E-state index in [9.17, 15) is 9.59 Å². The first kappa shape index (κ1) is 15.2. The number of aryl methyl sites for hydroxylation is 1.